The molecule has 0 aliphatic carbocycles. The molecule has 1 aliphatic heterocycles. The number of ether oxygens (including phenoxy) is 1. The number of aliphatic hydroxyl groups is 4. The highest BCUT2D eigenvalue weighted by atomic mass is 16.6. The lowest BCUT2D eigenvalue weighted by Gasteiger charge is -2.31. The van der Waals surface area contributed by atoms with Crippen LogP contribution in [0.15, 0.2) is 0 Å². The van der Waals surface area contributed by atoms with Gasteiger partial charge >= 0.3 is 0 Å². The summed E-state index contributed by atoms with van der Waals surface area (Å²) in [5.41, 5.74) is 0. The zero-order chi connectivity index (χ0) is 7.72. The molecule has 1 rings (SSSR count). The van der Waals surface area contributed by atoms with Gasteiger partial charge in [0, 0.05) is 0 Å². The minimum Gasteiger partial charge on any atom is -0.388 e. The van der Waals surface area contributed by atoms with E-state index in [1.807, 2.05) is 0 Å². The van der Waals surface area contributed by atoms with Gasteiger partial charge in [-0.3, -0.25) is 0 Å². The maximum Gasteiger partial charge on any atom is 0.183 e. The summed E-state index contributed by atoms with van der Waals surface area (Å²) in [6.45, 7) is -0.153. The average molecular weight is 150 g/mol. The summed E-state index contributed by atoms with van der Waals surface area (Å²) in [4.78, 5) is 0. The van der Waals surface area contributed by atoms with Crippen molar-refractivity contribution in [2.75, 3.05) is 6.61 Å². The molecular weight excluding hydrogens is 140 g/mol. The third kappa shape index (κ3) is 1.28. The molecule has 0 aromatic heterocycles. The largest absolute Gasteiger partial charge is 0.388 e. The second kappa shape index (κ2) is 2.81. The average Bonchev–Trinajstić information content (AvgIpc) is 1.93. The van der Waals surface area contributed by atoms with Crippen LogP contribution in [0.1, 0.15) is 0 Å². The number of hydrogen-bond donors (Lipinski definition) is 4. The standard InChI is InChI=1S/C5H10O5/c6-2-1-10-5(9)4(8)3(2)7/h2-9H,1H2/t2-,3?,4+,5-/m1/s1. The first-order valence-corrected chi connectivity index (χ1v) is 2.97. The van der Waals surface area contributed by atoms with Crippen LogP contribution >= 0.6 is 0 Å². The van der Waals surface area contributed by atoms with Gasteiger partial charge < -0.3 is 25.2 Å². The topological polar surface area (TPSA) is 90.2 Å². The predicted molar refractivity (Wildman–Crippen MR) is 30.0 cm³/mol. The molecule has 1 unspecified atom stereocenters. The maximum absolute atomic E-state index is 8.88. The van der Waals surface area contributed by atoms with Gasteiger partial charge in [0.25, 0.3) is 0 Å². The Kier molecular flexibility index (Phi) is 2.22. The molecule has 0 amide bonds. The zero-order valence-electron chi connectivity index (χ0n) is 5.21. The molecule has 0 spiro atoms. The quantitative estimate of drug-likeness (QED) is 0.304. The van der Waals surface area contributed by atoms with E-state index in [4.69, 9.17) is 20.4 Å². The van der Waals surface area contributed by atoms with Crippen molar-refractivity contribution >= 4 is 0 Å². The predicted octanol–water partition coefficient (Wildman–Crippen LogP) is -2.58. The lowest BCUT2D eigenvalue weighted by molar-refractivity contribution is -0.252. The highest BCUT2D eigenvalue weighted by Crippen LogP contribution is 2.12. The Morgan fingerprint density at radius 1 is 1.00 bits per heavy atom. The Labute approximate surface area is 57.5 Å². The molecular formula is C5H10O5. The summed E-state index contributed by atoms with van der Waals surface area (Å²) < 4.78 is 4.47. The van der Waals surface area contributed by atoms with Crippen LogP contribution < -0.4 is 0 Å². The summed E-state index contributed by atoms with van der Waals surface area (Å²) in [7, 11) is 0. The molecule has 5 nitrogen and oxygen atoms in total. The SMILES string of the molecule is OC1[C@H](O)CO[C@@H](O)[C@H]1O. The van der Waals surface area contributed by atoms with E-state index in [-0.39, 0.29) is 6.61 Å². The van der Waals surface area contributed by atoms with Crippen molar-refractivity contribution in [2.24, 2.45) is 0 Å². The van der Waals surface area contributed by atoms with Crippen molar-refractivity contribution in [3.05, 3.63) is 0 Å². The minimum absolute atomic E-state index is 0.153. The Balaban J connectivity index is 2.52. The van der Waals surface area contributed by atoms with Crippen LogP contribution in [0.4, 0.5) is 0 Å². The van der Waals surface area contributed by atoms with Crippen LogP contribution in [0.25, 0.3) is 0 Å². The van der Waals surface area contributed by atoms with E-state index in [1.165, 1.54) is 0 Å². The van der Waals surface area contributed by atoms with E-state index in [9.17, 15) is 0 Å². The monoisotopic (exact) mass is 150 g/mol. The number of rotatable bonds is 0. The van der Waals surface area contributed by atoms with Gasteiger partial charge in [0.15, 0.2) is 6.29 Å². The molecule has 60 valence electrons. The lowest BCUT2D eigenvalue weighted by atomic mass is 10.1. The highest BCUT2D eigenvalue weighted by molar-refractivity contribution is 4.81. The minimum atomic E-state index is -1.41. The molecule has 0 bridgehead atoms. The third-order valence-electron chi connectivity index (χ3n) is 1.47. The smallest absolute Gasteiger partial charge is 0.183 e. The zero-order valence-corrected chi connectivity index (χ0v) is 5.21. The van der Waals surface area contributed by atoms with Gasteiger partial charge in [-0.2, -0.15) is 0 Å². The lowest BCUT2D eigenvalue weighted by Crippen LogP contribution is -2.52. The molecule has 0 saturated carbocycles. The molecule has 1 aliphatic rings. The van der Waals surface area contributed by atoms with Crippen LogP contribution in [0.5, 0.6) is 0 Å². The third-order valence-corrected chi connectivity index (χ3v) is 1.47. The van der Waals surface area contributed by atoms with Gasteiger partial charge in [-0.05, 0) is 0 Å². The van der Waals surface area contributed by atoms with Gasteiger partial charge in [-0.25, -0.2) is 0 Å². The van der Waals surface area contributed by atoms with E-state index in [1.54, 1.807) is 0 Å². The molecule has 4 atom stereocenters. The molecule has 1 heterocycles. The molecule has 0 aromatic carbocycles. The summed E-state index contributed by atoms with van der Waals surface area (Å²) in [5, 5.41) is 35.3. The van der Waals surface area contributed by atoms with Crippen LogP contribution in [-0.2, 0) is 4.74 Å². The van der Waals surface area contributed by atoms with Crippen molar-refractivity contribution in [1.82, 2.24) is 0 Å². The molecule has 1 fully saturated rings. The first-order valence-electron chi connectivity index (χ1n) is 2.97. The molecule has 0 radical (unpaired) electrons. The molecule has 1 saturated heterocycles. The highest BCUT2D eigenvalue weighted by Gasteiger charge is 2.36. The number of aliphatic hydroxyl groups excluding tert-OH is 4. The fourth-order valence-electron chi connectivity index (χ4n) is 0.791. The van der Waals surface area contributed by atoms with E-state index in [0.29, 0.717) is 0 Å². The Bertz CT molecular complexity index is 103. The van der Waals surface area contributed by atoms with Gasteiger partial charge in [-0.1, -0.05) is 0 Å². The fourth-order valence-corrected chi connectivity index (χ4v) is 0.791. The van der Waals surface area contributed by atoms with E-state index < -0.39 is 24.6 Å². The first kappa shape index (κ1) is 7.90. The summed E-state index contributed by atoms with van der Waals surface area (Å²) in [6.07, 6.45) is -5.23. The van der Waals surface area contributed by atoms with E-state index in [0.717, 1.165) is 0 Å². The maximum atomic E-state index is 8.88. The summed E-state index contributed by atoms with van der Waals surface area (Å²) in [6, 6.07) is 0. The normalized spacial score (nSPS) is 49.2. The second-order valence-electron chi connectivity index (χ2n) is 2.27. The van der Waals surface area contributed by atoms with Crippen LogP contribution in [-0.4, -0.2) is 51.6 Å². The Morgan fingerprint density at radius 3 is 2.10 bits per heavy atom. The van der Waals surface area contributed by atoms with Crippen LogP contribution in [0, 0.1) is 0 Å². The first-order chi connectivity index (χ1) is 4.63. The molecule has 5 heteroatoms. The molecule has 0 aromatic rings. The number of hydrogen-bond acceptors (Lipinski definition) is 5. The second-order valence-corrected chi connectivity index (χ2v) is 2.27. The van der Waals surface area contributed by atoms with E-state index >= 15 is 0 Å². The fraction of sp³-hybridized carbons (Fsp3) is 1.00. The van der Waals surface area contributed by atoms with Gasteiger partial charge in [0.2, 0.25) is 0 Å². The van der Waals surface area contributed by atoms with Crippen molar-refractivity contribution < 1.29 is 25.2 Å². The Hall–Kier alpha value is -0.200. The summed E-state index contributed by atoms with van der Waals surface area (Å²) in [5.74, 6) is 0. The van der Waals surface area contributed by atoms with Gasteiger partial charge in [-0.15, -0.1) is 0 Å². The van der Waals surface area contributed by atoms with Gasteiger partial charge in [0.05, 0.1) is 6.61 Å². The summed E-state index contributed by atoms with van der Waals surface area (Å²) >= 11 is 0. The van der Waals surface area contributed by atoms with Crippen molar-refractivity contribution in [1.29, 1.82) is 0 Å². The Morgan fingerprint density at radius 2 is 1.60 bits per heavy atom. The van der Waals surface area contributed by atoms with Crippen LogP contribution in [0.2, 0.25) is 0 Å². The van der Waals surface area contributed by atoms with Gasteiger partial charge in [0.1, 0.15) is 18.3 Å². The van der Waals surface area contributed by atoms with Crippen LogP contribution in [0.3, 0.4) is 0 Å². The van der Waals surface area contributed by atoms with Crippen molar-refractivity contribution in [2.45, 2.75) is 24.6 Å². The molecule has 10 heavy (non-hydrogen) atoms. The van der Waals surface area contributed by atoms with Crippen molar-refractivity contribution in [3.8, 4) is 0 Å². The van der Waals surface area contributed by atoms with Crippen molar-refractivity contribution in [3.63, 3.8) is 0 Å². The molecule has 4 N–H and O–H groups in total. The van der Waals surface area contributed by atoms with E-state index in [2.05, 4.69) is 4.74 Å².